The third-order valence-corrected chi connectivity index (χ3v) is 13.0. The topological polar surface area (TPSA) is 174 Å². The van der Waals surface area contributed by atoms with Crippen molar-refractivity contribution in [1.29, 1.82) is 0 Å². The van der Waals surface area contributed by atoms with Gasteiger partial charge >= 0.3 is 6.18 Å². The minimum Gasteiger partial charge on any atom is -0.386 e. The molecule has 2 saturated heterocycles. The molecular formula is C42H44F3N7O6S. The van der Waals surface area contributed by atoms with Crippen molar-refractivity contribution in [2.75, 3.05) is 30.3 Å². The van der Waals surface area contributed by atoms with Crippen LogP contribution in [0.3, 0.4) is 0 Å². The number of likely N-dealkylation sites (tertiary alicyclic amines) is 1. The molecule has 4 aromatic rings. The Kier molecular flexibility index (Phi) is 10.8. The van der Waals surface area contributed by atoms with Crippen molar-refractivity contribution in [3.63, 3.8) is 0 Å². The largest absolute Gasteiger partial charge is 0.433 e. The number of alkyl halides is 3. The van der Waals surface area contributed by atoms with Crippen molar-refractivity contribution >= 4 is 62.5 Å². The van der Waals surface area contributed by atoms with Gasteiger partial charge in [0, 0.05) is 55.0 Å². The fraction of sp³-hybridized carbons (Fsp3) is 0.452. The average molecular weight is 832 g/mol. The first-order valence-corrected chi connectivity index (χ1v) is 20.7. The summed E-state index contributed by atoms with van der Waals surface area (Å²) in [5, 5.41) is 20.4. The Morgan fingerprint density at radius 1 is 0.915 bits per heavy atom. The van der Waals surface area contributed by atoms with Gasteiger partial charge in [0.1, 0.15) is 17.4 Å². The Morgan fingerprint density at radius 2 is 1.64 bits per heavy atom. The Hall–Kier alpha value is -5.26. The van der Waals surface area contributed by atoms with E-state index < -0.39 is 58.7 Å². The summed E-state index contributed by atoms with van der Waals surface area (Å²) in [7, 11) is 0. The number of imide groups is 2. The van der Waals surface area contributed by atoms with E-state index in [-0.39, 0.29) is 41.6 Å². The monoisotopic (exact) mass is 831 g/mol. The van der Waals surface area contributed by atoms with Gasteiger partial charge < -0.3 is 20.6 Å². The molecule has 2 aromatic carbocycles. The summed E-state index contributed by atoms with van der Waals surface area (Å²) < 4.78 is 40.6. The molecule has 0 bridgehead atoms. The van der Waals surface area contributed by atoms with Crippen LogP contribution in [0.5, 0.6) is 0 Å². The number of aromatic nitrogens is 2. The minimum absolute atomic E-state index is 0.0629. The maximum atomic E-state index is 13.5. The molecule has 0 radical (unpaired) electrons. The Bertz CT molecular complexity index is 2340. The van der Waals surface area contributed by atoms with E-state index in [4.69, 9.17) is 4.98 Å². The lowest BCUT2D eigenvalue weighted by Crippen LogP contribution is -2.54. The number of hydrogen-bond acceptors (Lipinski definition) is 11. The lowest BCUT2D eigenvalue weighted by molar-refractivity contribution is -0.141. The summed E-state index contributed by atoms with van der Waals surface area (Å²) in [5.41, 5.74) is -0.498. The molecule has 5 heterocycles. The third-order valence-electron chi connectivity index (χ3n) is 11.9. The van der Waals surface area contributed by atoms with Gasteiger partial charge in [-0.15, -0.1) is 11.3 Å². The molecule has 310 valence electrons. The van der Waals surface area contributed by atoms with Gasteiger partial charge in [0.2, 0.25) is 11.8 Å². The van der Waals surface area contributed by atoms with Crippen LogP contribution in [0.1, 0.15) is 119 Å². The molecule has 2 aromatic heterocycles. The molecule has 1 saturated carbocycles. The number of fused-ring (bicyclic) bond motifs is 2. The van der Waals surface area contributed by atoms with E-state index in [9.17, 15) is 42.3 Å². The number of amides is 5. The first kappa shape index (κ1) is 40.5. The maximum absolute atomic E-state index is 13.5. The van der Waals surface area contributed by atoms with E-state index in [1.54, 1.807) is 44.2 Å². The number of aliphatic hydroxyl groups is 1. The molecule has 1 atom stereocenters. The molecule has 3 fully saturated rings. The summed E-state index contributed by atoms with van der Waals surface area (Å²) in [6.45, 7) is 5.88. The Labute approximate surface area is 341 Å². The lowest BCUT2D eigenvalue weighted by Gasteiger charge is -2.37. The predicted octanol–water partition coefficient (Wildman–Crippen LogP) is 6.44. The van der Waals surface area contributed by atoms with Crippen molar-refractivity contribution in [3.05, 3.63) is 81.6 Å². The van der Waals surface area contributed by atoms with Gasteiger partial charge in [0.15, 0.2) is 0 Å². The SMILES string of the molecule is CC(C)(O)c1cc2nc(C3CCC(CN4CCC(Nc5cccc6c5C(=O)N(C5CCC(=O)NC5=O)C6=O)CC4)CC3)sc2cc1NC(=O)c1cccc(C(F)(F)F)n1. The molecule has 17 heteroatoms. The zero-order valence-electron chi connectivity index (χ0n) is 32.5. The number of piperidine rings is 2. The van der Waals surface area contributed by atoms with Crippen LogP contribution in [0.4, 0.5) is 24.5 Å². The van der Waals surface area contributed by atoms with Crippen molar-refractivity contribution in [1.82, 2.24) is 25.1 Å². The number of carbonyl (C=O) groups is 5. The smallest absolute Gasteiger partial charge is 0.386 e. The van der Waals surface area contributed by atoms with Gasteiger partial charge in [-0.25, -0.2) is 9.97 Å². The average Bonchev–Trinajstić information content (AvgIpc) is 3.72. The van der Waals surface area contributed by atoms with Gasteiger partial charge in [-0.3, -0.25) is 34.2 Å². The fourth-order valence-corrected chi connectivity index (χ4v) is 9.91. The van der Waals surface area contributed by atoms with Crippen LogP contribution in [0, 0.1) is 5.92 Å². The molecule has 1 unspecified atom stereocenters. The summed E-state index contributed by atoms with van der Waals surface area (Å²) in [4.78, 5) is 76.0. The van der Waals surface area contributed by atoms with E-state index in [0.717, 1.165) is 84.9 Å². The molecule has 3 aliphatic heterocycles. The third kappa shape index (κ3) is 8.32. The zero-order chi connectivity index (χ0) is 41.8. The zero-order valence-corrected chi connectivity index (χ0v) is 33.3. The van der Waals surface area contributed by atoms with Crippen LogP contribution in [0.2, 0.25) is 0 Å². The number of nitrogens with one attached hydrogen (secondary N) is 3. The van der Waals surface area contributed by atoms with Crippen molar-refractivity contribution in [3.8, 4) is 0 Å². The predicted molar refractivity (Wildman–Crippen MR) is 213 cm³/mol. The standard InChI is InChI=1S/C42H44F3N7O6S/c1-41(2,58)26-19-30-32(20-29(26)48-36(54)28-7-4-8-33(47-28)42(43,44)45)59-38(49-30)23-11-9-22(10-12-23)21-51-17-15-24(16-18-51)46-27-6-3-5-25-35(27)40(57)52(39(25)56)31-13-14-34(53)50-37(31)55/h3-8,19-20,22-24,31,46,58H,9-18,21H2,1-2H3,(H,48,54)(H,50,53,55). The number of halogens is 3. The van der Waals surface area contributed by atoms with Crippen molar-refractivity contribution in [2.45, 2.75) is 95.0 Å². The molecule has 0 spiro atoms. The quantitative estimate of drug-likeness (QED) is 0.138. The Morgan fingerprint density at radius 3 is 2.34 bits per heavy atom. The van der Waals surface area contributed by atoms with Crippen molar-refractivity contribution in [2.24, 2.45) is 5.92 Å². The molecular weight excluding hydrogens is 788 g/mol. The van der Waals surface area contributed by atoms with E-state index in [0.29, 0.717) is 22.7 Å². The van der Waals surface area contributed by atoms with E-state index in [1.165, 1.54) is 17.4 Å². The van der Waals surface area contributed by atoms with E-state index in [2.05, 4.69) is 25.8 Å². The Balaban J connectivity index is 0.856. The second-order valence-electron chi connectivity index (χ2n) is 16.4. The molecule has 5 amide bonds. The number of anilines is 2. The van der Waals surface area contributed by atoms with Crippen LogP contribution in [-0.2, 0) is 21.4 Å². The second-order valence-corrected chi connectivity index (χ2v) is 17.5. The number of pyridine rings is 1. The van der Waals surface area contributed by atoms with Crippen LogP contribution in [0.25, 0.3) is 10.2 Å². The van der Waals surface area contributed by atoms with Gasteiger partial charge in [-0.2, -0.15) is 13.2 Å². The number of nitrogens with zero attached hydrogens (tertiary/aromatic N) is 4. The molecule has 8 rings (SSSR count). The molecule has 4 aliphatic rings. The van der Waals surface area contributed by atoms with E-state index in [1.807, 2.05) is 0 Å². The summed E-state index contributed by atoms with van der Waals surface area (Å²) in [6, 6.07) is 10.8. The van der Waals surface area contributed by atoms with Gasteiger partial charge in [0.05, 0.1) is 32.0 Å². The summed E-state index contributed by atoms with van der Waals surface area (Å²) >= 11 is 1.52. The first-order valence-electron chi connectivity index (χ1n) is 19.9. The van der Waals surface area contributed by atoms with Crippen LogP contribution in [-0.4, -0.2) is 86.1 Å². The molecule has 1 aliphatic carbocycles. The maximum Gasteiger partial charge on any atom is 0.433 e. The highest BCUT2D eigenvalue weighted by Crippen LogP contribution is 2.42. The van der Waals surface area contributed by atoms with Crippen LogP contribution < -0.4 is 16.0 Å². The summed E-state index contributed by atoms with van der Waals surface area (Å²) in [6.07, 6.45) is 1.18. The van der Waals surface area contributed by atoms with Crippen molar-refractivity contribution < 1.29 is 42.3 Å². The minimum atomic E-state index is -4.70. The molecule has 13 nitrogen and oxygen atoms in total. The highest BCUT2D eigenvalue weighted by molar-refractivity contribution is 7.18. The van der Waals surface area contributed by atoms with E-state index >= 15 is 0 Å². The normalized spacial score (nSPS) is 22.1. The highest BCUT2D eigenvalue weighted by atomic mass is 32.1. The number of thiazole rings is 1. The first-order chi connectivity index (χ1) is 28.0. The van der Waals surface area contributed by atoms with Gasteiger partial charge in [0.25, 0.3) is 17.7 Å². The number of benzene rings is 2. The fourth-order valence-electron chi connectivity index (χ4n) is 8.75. The molecule has 4 N–H and O–H groups in total. The number of carbonyl (C=O) groups excluding carboxylic acids is 5. The highest BCUT2D eigenvalue weighted by Gasteiger charge is 2.46. The van der Waals surface area contributed by atoms with Gasteiger partial charge in [-0.1, -0.05) is 12.1 Å². The molecule has 59 heavy (non-hydrogen) atoms. The number of hydrogen-bond donors (Lipinski definition) is 4. The van der Waals surface area contributed by atoms with Crippen LogP contribution in [0.15, 0.2) is 48.5 Å². The number of rotatable bonds is 9. The summed E-state index contributed by atoms with van der Waals surface area (Å²) in [5.74, 6) is -2.14. The van der Waals surface area contributed by atoms with Gasteiger partial charge in [-0.05, 0) is 101 Å². The van der Waals surface area contributed by atoms with Crippen LogP contribution >= 0.6 is 11.3 Å². The second kappa shape index (κ2) is 15.7. The lowest BCUT2D eigenvalue weighted by atomic mass is 9.82.